The highest BCUT2D eigenvalue weighted by molar-refractivity contribution is 7.91. The minimum Gasteiger partial charge on any atom is -0.482 e. The monoisotopic (exact) mass is 369 g/mol. The fourth-order valence-electron chi connectivity index (χ4n) is 2.61. The molecule has 0 bridgehead atoms. The predicted octanol–water partition coefficient (Wildman–Crippen LogP) is 0.917. The molecule has 1 aromatic carbocycles. The number of esters is 1. The van der Waals surface area contributed by atoms with Crippen LogP contribution in [-0.2, 0) is 24.2 Å². The van der Waals surface area contributed by atoms with Crippen LogP contribution in [-0.4, -0.2) is 50.6 Å². The highest BCUT2D eigenvalue weighted by Crippen LogP contribution is 2.18. The van der Waals surface area contributed by atoms with E-state index in [1.165, 1.54) is 6.92 Å². The highest BCUT2D eigenvalue weighted by Gasteiger charge is 2.30. The van der Waals surface area contributed by atoms with Gasteiger partial charge in [-0.1, -0.05) is 17.7 Å². The molecule has 0 radical (unpaired) electrons. The van der Waals surface area contributed by atoms with Crippen LogP contribution in [0, 0.1) is 13.8 Å². The zero-order valence-corrected chi connectivity index (χ0v) is 15.4. The van der Waals surface area contributed by atoms with Gasteiger partial charge in [0.2, 0.25) is 0 Å². The molecule has 1 aromatic rings. The first-order valence-electron chi connectivity index (χ1n) is 8.06. The number of sulfone groups is 1. The molecule has 0 spiro atoms. The molecular weight excluding hydrogens is 346 g/mol. The second kappa shape index (κ2) is 7.86. The number of hydrogen-bond acceptors (Lipinski definition) is 6. The fourth-order valence-corrected chi connectivity index (χ4v) is 4.28. The topological polar surface area (TPSA) is 98.8 Å². The first-order valence-corrected chi connectivity index (χ1v) is 9.89. The van der Waals surface area contributed by atoms with Crippen LogP contribution in [0.15, 0.2) is 18.2 Å². The van der Waals surface area contributed by atoms with Crippen LogP contribution in [0.5, 0.6) is 5.75 Å². The number of carbonyl (C=O) groups excluding carboxylic acids is 2. The van der Waals surface area contributed by atoms with Crippen LogP contribution >= 0.6 is 0 Å². The first-order chi connectivity index (χ1) is 11.7. The number of carbonyl (C=O) groups is 2. The predicted molar refractivity (Wildman–Crippen MR) is 92.2 cm³/mol. The van der Waals surface area contributed by atoms with E-state index in [0.717, 1.165) is 11.1 Å². The summed E-state index contributed by atoms with van der Waals surface area (Å²) in [6, 6.07) is 5.16. The number of aryl methyl sites for hydroxylation is 2. The van der Waals surface area contributed by atoms with E-state index in [9.17, 15) is 18.0 Å². The molecule has 1 N–H and O–H groups in total. The van der Waals surface area contributed by atoms with Gasteiger partial charge in [0, 0.05) is 6.04 Å². The van der Waals surface area contributed by atoms with Gasteiger partial charge in [-0.2, -0.15) is 0 Å². The molecule has 1 amide bonds. The average Bonchev–Trinajstić information content (AvgIpc) is 2.85. The van der Waals surface area contributed by atoms with Crippen LogP contribution in [0.4, 0.5) is 0 Å². The molecule has 1 heterocycles. The zero-order chi connectivity index (χ0) is 18.6. The molecule has 0 aromatic heterocycles. The third-order valence-corrected chi connectivity index (χ3v) is 5.70. The van der Waals surface area contributed by atoms with Gasteiger partial charge < -0.3 is 14.8 Å². The van der Waals surface area contributed by atoms with Crippen molar-refractivity contribution in [1.82, 2.24) is 5.32 Å². The molecule has 1 fully saturated rings. The molecule has 0 aliphatic carbocycles. The van der Waals surface area contributed by atoms with Crippen molar-refractivity contribution in [3.8, 4) is 5.75 Å². The van der Waals surface area contributed by atoms with Crippen LogP contribution < -0.4 is 10.1 Å². The summed E-state index contributed by atoms with van der Waals surface area (Å²) in [5.74, 6) is -0.607. The van der Waals surface area contributed by atoms with Crippen molar-refractivity contribution < 1.29 is 27.5 Å². The Kier molecular flexibility index (Phi) is 6.05. The third-order valence-electron chi connectivity index (χ3n) is 3.93. The van der Waals surface area contributed by atoms with Gasteiger partial charge in [0.25, 0.3) is 5.91 Å². The first kappa shape index (κ1) is 19.2. The zero-order valence-electron chi connectivity index (χ0n) is 14.6. The van der Waals surface area contributed by atoms with Crippen molar-refractivity contribution in [3.63, 3.8) is 0 Å². The van der Waals surface area contributed by atoms with Gasteiger partial charge in [-0.15, -0.1) is 0 Å². The number of ether oxygens (including phenoxy) is 2. The quantitative estimate of drug-likeness (QED) is 0.749. The van der Waals surface area contributed by atoms with Gasteiger partial charge >= 0.3 is 5.97 Å². The summed E-state index contributed by atoms with van der Waals surface area (Å²) in [5, 5.41) is 2.59. The molecule has 25 heavy (non-hydrogen) atoms. The molecule has 138 valence electrons. The molecule has 1 aliphatic rings. The molecule has 2 rings (SSSR count). The van der Waals surface area contributed by atoms with Gasteiger partial charge in [-0.3, -0.25) is 4.79 Å². The van der Waals surface area contributed by atoms with Crippen molar-refractivity contribution in [3.05, 3.63) is 29.3 Å². The smallest absolute Gasteiger partial charge is 0.344 e. The molecule has 8 heteroatoms. The minimum absolute atomic E-state index is 0.0653. The van der Waals surface area contributed by atoms with E-state index < -0.39 is 33.9 Å². The third kappa shape index (κ3) is 5.74. The normalized spacial score (nSPS) is 19.9. The Morgan fingerprint density at radius 1 is 1.32 bits per heavy atom. The number of rotatable bonds is 6. The van der Waals surface area contributed by atoms with Crippen molar-refractivity contribution >= 4 is 21.7 Å². The fraction of sp³-hybridized carbons (Fsp3) is 0.529. The second-order valence-corrected chi connectivity index (χ2v) is 8.53. The number of hydrogen-bond donors (Lipinski definition) is 1. The number of benzene rings is 1. The summed E-state index contributed by atoms with van der Waals surface area (Å²) in [6.45, 7) is 4.97. The summed E-state index contributed by atoms with van der Waals surface area (Å²) < 4.78 is 33.2. The van der Waals surface area contributed by atoms with Gasteiger partial charge in [0.15, 0.2) is 22.5 Å². The Morgan fingerprint density at radius 3 is 2.64 bits per heavy atom. The van der Waals surface area contributed by atoms with E-state index >= 15 is 0 Å². The number of amides is 1. The van der Waals surface area contributed by atoms with Crippen molar-refractivity contribution in [2.24, 2.45) is 0 Å². The maximum atomic E-state index is 12.0. The van der Waals surface area contributed by atoms with Crippen LogP contribution in [0.25, 0.3) is 0 Å². The average molecular weight is 369 g/mol. The van der Waals surface area contributed by atoms with E-state index in [0.29, 0.717) is 12.2 Å². The molecule has 7 nitrogen and oxygen atoms in total. The highest BCUT2D eigenvalue weighted by atomic mass is 32.2. The SMILES string of the molecule is Cc1ccc(OCC(=O)O[C@H](C)C(=O)N[C@@H]2CCS(=O)(=O)C2)c(C)c1. The van der Waals surface area contributed by atoms with Gasteiger partial charge in [-0.05, 0) is 38.8 Å². The van der Waals surface area contributed by atoms with Crippen molar-refractivity contribution in [1.29, 1.82) is 0 Å². The second-order valence-electron chi connectivity index (χ2n) is 6.30. The minimum atomic E-state index is -3.08. The lowest BCUT2D eigenvalue weighted by molar-refractivity contribution is -0.156. The Bertz CT molecular complexity index is 758. The molecule has 1 aliphatic heterocycles. The van der Waals surface area contributed by atoms with Gasteiger partial charge in [-0.25, -0.2) is 13.2 Å². The molecule has 2 atom stereocenters. The van der Waals surface area contributed by atoms with Crippen LogP contribution in [0.2, 0.25) is 0 Å². The maximum Gasteiger partial charge on any atom is 0.344 e. The Balaban J connectivity index is 1.78. The van der Waals surface area contributed by atoms with E-state index in [1.807, 2.05) is 26.0 Å². The van der Waals surface area contributed by atoms with Crippen molar-refractivity contribution in [2.75, 3.05) is 18.1 Å². The lowest BCUT2D eigenvalue weighted by Gasteiger charge is -2.17. The maximum absolute atomic E-state index is 12.0. The standard InChI is InChI=1S/C17H23NO6S/c1-11-4-5-15(12(2)8-11)23-9-16(19)24-13(3)17(20)18-14-6-7-25(21,22)10-14/h4-5,8,13-14H,6-7,9-10H2,1-3H3,(H,18,20)/t13-,14-/m1/s1. The molecule has 0 saturated carbocycles. The molecule has 0 unspecified atom stereocenters. The summed E-state index contributed by atoms with van der Waals surface area (Å²) in [4.78, 5) is 23.8. The molecule has 1 saturated heterocycles. The van der Waals surface area contributed by atoms with E-state index in [4.69, 9.17) is 9.47 Å². The Hall–Kier alpha value is -2.09. The molecular formula is C17H23NO6S. The van der Waals surface area contributed by atoms with E-state index in [-0.39, 0.29) is 18.1 Å². The van der Waals surface area contributed by atoms with Gasteiger partial charge in [0.05, 0.1) is 11.5 Å². The number of nitrogens with one attached hydrogen (secondary N) is 1. The summed E-state index contributed by atoms with van der Waals surface area (Å²) in [7, 11) is -3.08. The summed E-state index contributed by atoms with van der Waals surface area (Å²) in [6.07, 6.45) is -0.636. The Labute approximate surface area is 147 Å². The van der Waals surface area contributed by atoms with E-state index in [2.05, 4.69) is 5.32 Å². The summed E-state index contributed by atoms with van der Waals surface area (Å²) in [5.41, 5.74) is 1.99. The Morgan fingerprint density at radius 2 is 2.04 bits per heavy atom. The van der Waals surface area contributed by atoms with Crippen LogP contribution in [0.3, 0.4) is 0 Å². The van der Waals surface area contributed by atoms with Gasteiger partial charge in [0.1, 0.15) is 5.75 Å². The van der Waals surface area contributed by atoms with Crippen LogP contribution in [0.1, 0.15) is 24.5 Å². The lowest BCUT2D eigenvalue weighted by Crippen LogP contribution is -2.43. The summed E-state index contributed by atoms with van der Waals surface area (Å²) >= 11 is 0. The lowest BCUT2D eigenvalue weighted by atomic mass is 10.1. The van der Waals surface area contributed by atoms with E-state index in [1.54, 1.807) is 6.07 Å². The van der Waals surface area contributed by atoms with Crippen molar-refractivity contribution in [2.45, 2.75) is 39.3 Å². The largest absolute Gasteiger partial charge is 0.482 e.